The van der Waals surface area contributed by atoms with Crippen LogP contribution in [0.2, 0.25) is 5.02 Å². The largest absolute Gasteiger partial charge is 0.496 e. The second kappa shape index (κ2) is 11.9. The summed E-state index contributed by atoms with van der Waals surface area (Å²) < 4.78 is 22.1. The zero-order valence-corrected chi connectivity index (χ0v) is 19.9. The van der Waals surface area contributed by atoms with Gasteiger partial charge in [-0.2, -0.15) is 0 Å². The Morgan fingerprint density at radius 1 is 1.12 bits per heavy atom. The molecule has 2 aromatic carbocycles. The molecule has 3 aromatic rings. The van der Waals surface area contributed by atoms with Gasteiger partial charge in [-0.15, -0.1) is 11.3 Å². The minimum atomic E-state index is -0.679. The van der Waals surface area contributed by atoms with Crippen LogP contribution in [0.15, 0.2) is 47.8 Å². The molecule has 8 heteroatoms. The summed E-state index contributed by atoms with van der Waals surface area (Å²) in [5, 5.41) is 3.58. The topological polar surface area (TPSA) is 66.9 Å². The fourth-order valence-corrected chi connectivity index (χ4v) is 4.02. The predicted molar refractivity (Wildman–Crippen MR) is 126 cm³/mol. The number of rotatable bonds is 11. The molecule has 0 radical (unpaired) electrons. The summed E-state index contributed by atoms with van der Waals surface area (Å²) >= 11 is 7.51. The number of halogens is 1. The number of benzene rings is 2. The van der Waals surface area contributed by atoms with Gasteiger partial charge in [-0.25, -0.2) is 9.78 Å². The zero-order chi connectivity index (χ0) is 22.9. The maximum Gasteiger partial charge on any atom is 0.335 e. The van der Waals surface area contributed by atoms with Crippen LogP contribution in [0, 0.1) is 0 Å². The van der Waals surface area contributed by atoms with E-state index in [-0.39, 0.29) is 5.97 Å². The standard InChI is InChI=1S/C24H26ClNO5S/c1-4-29-22(24(27)30-5-2)12-17-8-11-20(13-21(17)28-3)31-14-19-15-32-23(26-19)16-6-9-18(25)10-7-16/h6-11,13,15,22H,4-5,12,14H2,1-3H3/t22-/m0/s1. The monoisotopic (exact) mass is 475 g/mol. The maximum absolute atomic E-state index is 12.2. The first kappa shape index (κ1) is 24.0. The second-order valence-corrected chi connectivity index (χ2v) is 8.11. The van der Waals surface area contributed by atoms with Crippen LogP contribution in [0.5, 0.6) is 11.5 Å². The van der Waals surface area contributed by atoms with E-state index in [4.69, 9.17) is 30.5 Å². The van der Waals surface area contributed by atoms with Crippen LogP contribution < -0.4 is 9.47 Å². The Hall–Kier alpha value is -2.61. The van der Waals surface area contributed by atoms with Gasteiger partial charge in [-0.3, -0.25) is 0 Å². The van der Waals surface area contributed by atoms with E-state index in [0.717, 1.165) is 21.8 Å². The maximum atomic E-state index is 12.2. The Balaban J connectivity index is 1.65. The summed E-state index contributed by atoms with van der Waals surface area (Å²) in [4.78, 5) is 16.8. The van der Waals surface area contributed by atoms with Crippen molar-refractivity contribution in [1.29, 1.82) is 0 Å². The van der Waals surface area contributed by atoms with Gasteiger partial charge in [-0.05, 0) is 37.6 Å². The lowest BCUT2D eigenvalue weighted by Crippen LogP contribution is -2.29. The van der Waals surface area contributed by atoms with Gasteiger partial charge in [0.15, 0.2) is 6.10 Å². The van der Waals surface area contributed by atoms with Crippen molar-refractivity contribution in [1.82, 2.24) is 4.98 Å². The van der Waals surface area contributed by atoms with Crippen LogP contribution >= 0.6 is 22.9 Å². The highest BCUT2D eigenvalue weighted by Gasteiger charge is 2.22. The van der Waals surface area contributed by atoms with Crippen LogP contribution in [0.1, 0.15) is 25.1 Å². The lowest BCUT2D eigenvalue weighted by molar-refractivity contribution is -0.156. The molecular formula is C24H26ClNO5S. The van der Waals surface area contributed by atoms with E-state index in [1.54, 1.807) is 31.4 Å². The molecule has 0 bridgehead atoms. The number of ether oxygens (including phenoxy) is 4. The second-order valence-electron chi connectivity index (χ2n) is 6.81. The van der Waals surface area contributed by atoms with Crippen molar-refractivity contribution in [3.05, 3.63) is 64.1 Å². The lowest BCUT2D eigenvalue weighted by Gasteiger charge is -2.17. The number of esters is 1. The van der Waals surface area contributed by atoms with Gasteiger partial charge in [0.05, 0.1) is 19.4 Å². The van der Waals surface area contributed by atoms with E-state index >= 15 is 0 Å². The van der Waals surface area contributed by atoms with Crippen molar-refractivity contribution in [3.63, 3.8) is 0 Å². The van der Waals surface area contributed by atoms with Gasteiger partial charge in [0.2, 0.25) is 0 Å². The number of nitrogens with zero attached hydrogens (tertiary/aromatic N) is 1. The average Bonchev–Trinajstić information content (AvgIpc) is 3.27. The molecule has 0 unspecified atom stereocenters. The molecule has 0 spiro atoms. The molecule has 6 nitrogen and oxygen atoms in total. The summed E-state index contributed by atoms with van der Waals surface area (Å²) in [6.45, 7) is 4.67. The minimum absolute atomic E-state index is 0.308. The molecule has 1 aromatic heterocycles. The zero-order valence-electron chi connectivity index (χ0n) is 18.3. The van der Waals surface area contributed by atoms with E-state index in [2.05, 4.69) is 4.98 Å². The first-order valence-corrected chi connectivity index (χ1v) is 11.6. The first-order valence-electron chi connectivity index (χ1n) is 10.3. The average molecular weight is 476 g/mol. The number of thiazole rings is 1. The molecule has 0 saturated heterocycles. The minimum Gasteiger partial charge on any atom is -0.496 e. The molecule has 0 aliphatic heterocycles. The Labute approximate surface area is 197 Å². The van der Waals surface area contributed by atoms with E-state index in [1.807, 2.05) is 48.7 Å². The van der Waals surface area contributed by atoms with E-state index in [9.17, 15) is 4.79 Å². The molecule has 0 amide bonds. The summed E-state index contributed by atoms with van der Waals surface area (Å²) in [6, 6.07) is 13.1. The number of hydrogen-bond donors (Lipinski definition) is 0. The summed E-state index contributed by atoms with van der Waals surface area (Å²) in [5.74, 6) is 0.893. The van der Waals surface area contributed by atoms with E-state index in [0.29, 0.717) is 42.8 Å². The molecule has 0 fully saturated rings. The number of carbonyl (C=O) groups is 1. The Bertz CT molecular complexity index is 1020. The molecule has 170 valence electrons. The molecule has 0 aliphatic carbocycles. The third kappa shape index (κ3) is 6.45. The fraction of sp³-hybridized carbons (Fsp3) is 0.333. The van der Waals surface area contributed by atoms with Crippen LogP contribution in [0.25, 0.3) is 10.6 Å². The quantitative estimate of drug-likeness (QED) is 0.338. The highest BCUT2D eigenvalue weighted by Crippen LogP contribution is 2.29. The molecule has 32 heavy (non-hydrogen) atoms. The van der Waals surface area contributed by atoms with E-state index < -0.39 is 6.10 Å². The number of carbonyl (C=O) groups excluding carboxylic acids is 1. The number of hydrogen-bond acceptors (Lipinski definition) is 7. The van der Waals surface area contributed by atoms with Gasteiger partial charge >= 0.3 is 5.97 Å². The number of methoxy groups -OCH3 is 1. The van der Waals surface area contributed by atoms with Crippen molar-refractivity contribution >= 4 is 28.9 Å². The van der Waals surface area contributed by atoms with Crippen molar-refractivity contribution < 1.29 is 23.7 Å². The van der Waals surface area contributed by atoms with Gasteiger partial charge in [0, 0.05) is 35.1 Å². The highest BCUT2D eigenvalue weighted by atomic mass is 35.5. The van der Waals surface area contributed by atoms with Crippen molar-refractivity contribution in [2.24, 2.45) is 0 Å². The van der Waals surface area contributed by atoms with Crippen LogP contribution in [0.4, 0.5) is 0 Å². The van der Waals surface area contributed by atoms with Crippen LogP contribution in [-0.4, -0.2) is 37.4 Å². The van der Waals surface area contributed by atoms with Gasteiger partial charge in [0.25, 0.3) is 0 Å². The molecule has 1 atom stereocenters. The van der Waals surface area contributed by atoms with Crippen molar-refractivity contribution in [2.75, 3.05) is 20.3 Å². The molecule has 0 saturated carbocycles. The SMILES string of the molecule is CCOC(=O)[C@H](Cc1ccc(OCc2csc(-c3ccc(Cl)cc3)n2)cc1OC)OCC. The molecular weight excluding hydrogens is 450 g/mol. The van der Waals surface area contributed by atoms with Crippen molar-refractivity contribution in [3.8, 4) is 22.1 Å². The van der Waals surface area contributed by atoms with Crippen LogP contribution in [-0.2, 0) is 27.3 Å². The third-order valence-electron chi connectivity index (χ3n) is 4.61. The smallest absolute Gasteiger partial charge is 0.335 e. The van der Waals surface area contributed by atoms with Crippen LogP contribution in [0.3, 0.4) is 0 Å². The van der Waals surface area contributed by atoms with Gasteiger partial charge in [0.1, 0.15) is 23.1 Å². The fourth-order valence-electron chi connectivity index (χ4n) is 3.09. The van der Waals surface area contributed by atoms with Gasteiger partial charge in [-0.1, -0.05) is 29.8 Å². The normalized spacial score (nSPS) is 11.8. The number of aromatic nitrogens is 1. The van der Waals surface area contributed by atoms with E-state index in [1.165, 1.54) is 0 Å². The van der Waals surface area contributed by atoms with Crippen molar-refractivity contribution in [2.45, 2.75) is 33.0 Å². The Morgan fingerprint density at radius 2 is 1.91 bits per heavy atom. The summed E-state index contributed by atoms with van der Waals surface area (Å²) in [5.41, 5.74) is 2.69. The summed E-state index contributed by atoms with van der Waals surface area (Å²) in [7, 11) is 1.58. The highest BCUT2D eigenvalue weighted by molar-refractivity contribution is 7.13. The van der Waals surface area contributed by atoms with Gasteiger partial charge < -0.3 is 18.9 Å². The predicted octanol–water partition coefficient (Wildman–Crippen LogP) is 5.56. The molecule has 3 rings (SSSR count). The Morgan fingerprint density at radius 3 is 2.59 bits per heavy atom. The molecule has 1 heterocycles. The molecule has 0 N–H and O–H groups in total. The Kier molecular flexibility index (Phi) is 8.90. The molecule has 0 aliphatic rings. The lowest BCUT2D eigenvalue weighted by atomic mass is 10.1. The third-order valence-corrected chi connectivity index (χ3v) is 5.80. The summed E-state index contributed by atoms with van der Waals surface area (Å²) in [6.07, 6.45) is -0.325. The first-order chi connectivity index (χ1) is 15.5.